The van der Waals surface area contributed by atoms with Crippen LogP contribution in [0.25, 0.3) is 10.9 Å². The molecule has 2 atom stereocenters. The van der Waals surface area contributed by atoms with Crippen molar-refractivity contribution in [1.29, 1.82) is 0 Å². The number of rotatable bonds is 7. The highest BCUT2D eigenvalue weighted by Crippen LogP contribution is 2.46. The van der Waals surface area contributed by atoms with Gasteiger partial charge in [-0.25, -0.2) is 4.98 Å². The van der Waals surface area contributed by atoms with Crippen molar-refractivity contribution >= 4 is 57.6 Å². The molecule has 294 valence electrons. The Hall–Kier alpha value is -6.23. The van der Waals surface area contributed by atoms with Gasteiger partial charge in [-0.2, -0.15) is 0 Å². The fraction of sp³-hybridized carbons (Fsp3) is 0.224. The first-order chi connectivity index (χ1) is 28.2. The Morgan fingerprint density at radius 1 is 0.610 bits per heavy atom. The molecule has 3 amide bonds. The van der Waals surface area contributed by atoms with Gasteiger partial charge in [0.2, 0.25) is 0 Å². The van der Waals surface area contributed by atoms with Gasteiger partial charge < -0.3 is 5.11 Å². The maximum absolute atomic E-state index is 14.6. The van der Waals surface area contributed by atoms with Crippen molar-refractivity contribution in [2.45, 2.75) is 77.8 Å². The largest absolute Gasteiger partial charge is 0.369 e. The third kappa shape index (κ3) is 5.57. The molecule has 0 saturated carbocycles. The van der Waals surface area contributed by atoms with Crippen LogP contribution in [0.1, 0.15) is 125 Å². The number of nitrogens with zero attached hydrogens (tertiary/aromatic N) is 3. The molecular weight excluding hydrogens is 759 g/mol. The van der Waals surface area contributed by atoms with Crippen LogP contribution in [0.5, 0.6) is 0 Å². The number of carbonyl (C=O) groups excluding carboxylic acids is 5. The van der Waals surface area contributed by atoms with Crippen LogP contribution in [0.2, 0.25) is 0 Å². The summed E-state index contributed by atoms with van der Waals surface area (Å²) in [6, 6.07) is 23.5. The predicted molar refractivity (Wildman–Crippen MR) is 228 cm³/mol. The molecule has 0 fully saturated rings. The van der Waals surface area contributed by atoms with E-state index in [1.54, 1.807) is 60.3 Å². The highest BCUT2D eigenvalue weighted by molar-refractivity contribution is 7.98. The Kier molecular flexibility index (Phi) is 9.06. The summed E-state index contributed by atoms with van der Waals surface area (Å²) in [6.45, 7) is 13.4. The van der Waals surface area contributed by atoms with Crippen molar-refractivity contribution in [2.24, 2.45) is 0 Å². The van der Waals surface area contributed by atoms with Gasteiger partial charge in [-0.1, -0.05) is 54.6 Å². The van der Waals surface area contributed by atoms with E-state index in [-0.39, 0.29) is 35.0 Å². The quantitative estimate of drug-likeness (QED) is 0.0963. The second-order valence-electron chi connectivity index (χ2n) is 15.8. The molecule has 0 spiro atoms. The van der Waals surface area contributed by atoms with Crippen LogP contribution in [0, 0.1) is 48.5 Å². The first-order valence-corrected chi connectivity index (χ1v) is 20.6. The number of benzene rings is 5. The molecule has 0 radical (unpaired) electrons. The highest BCUT2D eigenvalue weighted by Gasteiger charge is 2.45. The molecule has 1 aliphatic carbocycles. The molecule has 0 saturated heterocycles. The van der Waals surface area contributed by atoms with E-state index < -0.39 is 29.9 Å². The van der Waals surface area contributed by atoms with Crippen LogP contribution in [-0.4, -0.2) is 44.3 Å². The number of thioether (sulfide) groups is 1. The minimum absolute atomic E-state index is 0.0920. The lowest BCUT2D eigenvalue weighted by molar-refractivity contribution is 0.0641. The summed E-state index contributed by atoms with van der Waals surface area (Å²) in [5.41, 5.74) is 10.8. The van der Waals surface area contributed by atoms with Gasteiger partial charge in [0.1, 0.15) is 5.92 Å². The zero-order chi connectivity index (χ0) is 41.8. The Morgan fingerprint density at radius 2 is 1.20 bits per heavy atom. The maximum Gasteiger partial charge on any atom is 0.261 e. The van der Waals surface area contributed by atoms with Crippen molar-refractivity contribution in [3.8, 4) is 0 Å². The number of imide groups is 1. The minimum Gasteiger partial charge on any atom is -0.369 e. The van der Waals surface area contributed by atoms with Gasteiger partial charge in [0.25, 0.3) is 17.7 Å². The molecule has 5 aromatic carbocycles. The van der Waals surface area contributed by atoms with Crippen molar-refractivity contribution in [3.63, 3.8) is 0 Å². The molecule has 0 bridgehead atoms. The number of pyridine rings is 1. The van der Waals surface area contributed by atoms with Crippen LogP contribution < -0.4 is 4.90 Å². The zero-order valence-corrected chi connectivity index (χ0v) is 34.6. The standard InChI is InChI=1S/C49H41N3O6S/c1-23-24(2)26(4)40-39(25(23)3)48(57)52(49(40)58)36-20-17-31(21-51-46(55)33-15-11-12-16-34(33)47(51)56)32-18-19-35(50-42(32)36)41-43(53)37-27(5)28(6)45(29(7)38(37)44(41)54)59-22-30-13-9-8-10-14-30/h8-20,41,48,57H,21-22H2,1-7H3. The van der Waals surface area contributed by atoms with E-state index in [0.29, 0.717) is 50.1 Å². The lowest BCUT2D eigenvalue weighted by Crippen LogP contribution is -2.30. The minimum atomic E-state index is -1.34. The van der Waals surface area contributed by atoms with Crippen molar-refractivity contribution < 1.29 is 29.1 Å². The summed E-state index contributed by atoms with van der Waals surface area (Å²) in [5, 5.41) is 12.5. The lowest BCUT2D eigenvalue weighted by atomic mass is 9.90. The molecule has 6 aromatic rings. The number of anilines is 1. The van der Waals surface area contributed by atoms with Gasteiger partial charge in [-0.3, -0.25) is 33.8 Å². The molecule has 1 aromatic heterocycles. The molecule has 9 nitrogen and oxygen atoms in total. The van der Waals surface area contributed by atoms with Crippen molar-refractivity contribution in [2.75, 3.05) is 4.90 Å². The topological polar surface area (TPSA) is 125 Å². The molecular formula is C49H41N3O6S. The smallest absolute Gasteiger partial charge is 0.261 e. The number of ketones is 2. The third-order valence-corrected chi connectivity index (χ3v) is 14.2. The monoisotopic (exact) mass is 799 g/mol. The van der Waals surface area contributed by atoms with E-state index in [9.17, 15) is 29.1 Å². The summed E-state index contributed by atoms with van der Waals surface area (Å²) in [4.78, 5) is 79.1. The van der Waals surface area contributed by atoms with E-state index in [2.05, 4.69) is 12.1 Å². The zero-order valence-electron chi connectivity index (χ0n) is 33.8. The van der Waals surface area contributed by atoms with Gasteiger partial charge >= 0.3 is 0 Å². The fourth-order valence-corrected chi connectivity index (χ4v) is 10.4. The second kappa shape index (κ2) is 14.0. The second-order valence-corrected chi connectivity index (χ2v) is 16.8. The Bertz CT molecular complexity index is 2880. The van der Waals surface area contributed by atoms with Gasteiger partial charge in [-0.15, -0.1) is 11.8 Å². The number of hydrogen-bond donors (Lipinski definition) is 1. The van der Waals surface area contributed by atoms with Crippen LogP contribution in [-0.2, 0) is 12.3 Å². The first-order valence-electron chi connectivity index (χ1n) is 19.6. The average Bonchev–Trinajstić information content (AvgIpc) is 3.76. The highest BCUT2D eigenvalue weighted by atomic mass is 32.2. The van der Waals surface area contributed by atoms with E-state index in [1.165, 1.54) is 9.80 Å². The Labute approximate surface area is 346 Å². The first kappa shape index (κ1) is 38.3. The molecule has 3 heterocycles. The number of aliphatic hydroxyl groups excluding tert-OH is 1. The van der Waals surface area contributed by atoms with Gasteiger partial charge in [-0.05, 0) is 123 Å². The van der Waals surface area contributed by atoms with Crippen LogP contribution >= 0.6 is 11.8 Å². The molecule has 2 unspecified atom stereocenters. The molecule has 10 heteroatoms. The number of Topliss-reactive ketones (excluding diaryl/α,β-unsaturated/α-hetero) is 2. The van der Waals surface area contributed by atoms with Gasteiger partial charge in [0.15, 0.2) is 17.8 Å². The van der Waals surface area contributed by atoms with Crippen molar-refractivity contribution in [1.82, 2.24) is 9.88 Å². The third-order valence-electron chi connectivity index (χ3n) is 12.9. The van der Waals surface area contributed by atoms with E-state index in [0.717, 1.165) is 49.4 Å². The molecule has 9 rings (SSSR count). The van der Waals surface area contributed by atoms with Gasteiger partial charge in [0.05, 0.1) is 40.1 Å². The molecule has 1 N–H and O–H groups in total. The van der Waals surface area contributed by atoms with E-state index in [1.807, 2.05) is 66.7 Å². The number of hydrogen-bond acceptors (Lipinski definition) is 8. The summed E-state index contributed by atoms with van der Waals surface area (Å²) < 4.78 is 0. The lowest BCUT2D eigenvalue weighted by Gasteiger charge is -2.25. The summed E-state index contributed by atoms with van der Waals surface area (Å²) in [5.74, 6) is -2.47. The molecule has 59 heavy (non-hydrogen) atoms. The van der Waals surface area contributed by atoms with Crippen LogP contribution in [0.3, 0.4) is 0 Å². The predicted octanol–water partition coefficient (Wildman–Crippen LogP) is 9.30. The summed E-state index contributed by atoms with van der Waals surface area (Å²) >= 11 is 1.64. The number of amides is 3. The number of aliphatic hydroxyl groups is 1. The van der Waals surface area contributed by atoms with Crippen LogP contribution in [0.15, 0.2) is 83.8 Å². The molecule has 2 aliphatic heterocycles. The number of carbonyl (C=O) groups is 5. The normalized spacial score (nSPS) is 17.1. The Morgan fingerprint density at radius 3 is 1.86 bits per heavy atom. The maximum atomic E-state index is 14.6. The fourth-order valence-electron chi connectivity index (χ4n) is 9.23. The number of aromatic nitrogens is 1. The SMILES string of the molecule is Cc1c(C)c(C)c2c(c1C)C(=O)N(c1ccc(CN3C(=O)c4ccccc4C3=O)c3ccc(C4C(=O)c5c(C)c(C)c(SCc6ccccc6)c(C)c5C4=O)nc13)C2O. The summed E-state index contributed by atoms with van der Waals surface area (Å²) in [7, 11) is 0. The van der Waals surface area contributed by atoms with Gasteiger partial charge in [0, 0.05) is 32.7 Å². The van der Waals surface area contributed by atoms with Crippen molar-refractivity contribution in [3.05, 3.63) is 168 Å². The summed E-state index contributed by atoms with van der Waals surface area (Å²) in [6.07, 6.45) is -1.34. The number of fused-ring (bicyclic) bond motifs is 4. The van der Waals surface area contributed by atoms with E-state index >= 15 is 0 Å². The molecule has 3 aliphatic rings. The Balaban J connectivity index is 1.17. The van der Waals surface area contributed by atoms with Crippen LogP contribution in [0.4, 0.5) is 5.69 Å². The average molecular weight is 800 g/mol. The van der Waals surface area contributed by atoms with E-state index in [4.69, 9.17) is 4.98 Å².